The first kappa shape index (κ1) is 27.7. The standard InChI is InChI=1S/C24H40N4O2.HI/c1-7-28(8-2)22(29)19-13-11-18(12-14-19)16-26-23(25-6)27-17-20-10-9-15-30-21(20)24(3,4)5;/h11-14,20-21H,7-10,15-17H2,1-6H3,(H2,25,26,27);1H. The van der Waals surface area contributed by atoms with Crippen molar-refractivity contribution in [3.63, 3.8) is 0 Å². The van der Waals surface area contributed by atoms with Crippen molar-refractivity contribution >= 4 is 35.8 Å². The molecule has 2 unspecified atom stereocenters. The normalized spacial score (nSPS) is 19.4. The van der Waals surface area contributed by atoms with Crippen LogP contribution in [-0.2, 0) is 11.3 Å². The number of aliphatic imine (C=N–C) groups is 1. The van der Waals surface area contributed by atoms with Crippen molar-refractivity contribution in [2.24, 2.45) is 16.3 Å². The number of hydrogen-bond donors (Lipinski definition) is 2. The Morgan fingerprint density at radius 3 is 2.35 bits per heavy atom. The highest BCUT2D eigenvalue weighted by Gasteiger charge is 2.35. The predicted molar refractivity (Wildman–Crippen MR) is 139 cm³/mol. The highest BCUT2D eigenvalue weighted by atomic mass is 127. The topological polar surface area (TPSA) is 66.0 Å². The monoisotopic (exact) mass is 544 g/mol. The third kappa shape index (κ3) is 8.25. The summed E-state index contributed by atoms with van der Waals surface area (Å²) in [6, 6.07) is 7.81. The molecule has 0 aliphatic carbocycles. The predicted octanol–water partition coefficient (Wildman–Crippen LogP) is 4.29. The summed E-state index contributed by atoms with van der Waals surface area (Å²) in [5.41, 5.74) is 1.98. The van der Waals surface area contributed by atoms with Crippen molar-refractivity contribution in [3.8, 4) is 0 Å². The summed E-state index contributed by atoms with van der Waals surface area (Å²) in [4.78, 5) is 18.6. The number of benzene rings is 1. The smallest absolute Gasteiger partial charge is 0.253 e. The van der Waals surface area contributed by atoms with Gasteiger partial charge in [-0.3, -0.25) is 9.79 Å². The molecule has 0 saturated carbocycles. The number of carbonyl (C=O) groups excluding carboxylic acids is 1. The lowest BCUT2D eigenvalue weighted by Crippen LogP contribution is -2.47. The summed E-state index contributed by atoms with van der Waals surface area (Å²) in [5, 5.41) is 6.84. The molecular formula is C24H41IN4O2. The number of hydrogen-bond acceptors (Lipinski definition) is 3. The molecule has 2 N–H and O–H groups in total. The van der Waals surface area contributed by atoms with Gasteiger partial charge in [-0.15, -0.1) is 24.0 Å². The average Bonchev–Trinajstić information content (AvgIpc) is 2.74. The van der Waals surface area contributed by atoms with Crippen molar-refractivity contribution in [1.82, 2.24) is 15.5 Å². The SMILES string of the molecule is CCN(CC)C(=O)c1ccc(CNC(=NC)NCC2CCCOC2C(C)(C)C)cc1.I. The van der Waals surface area contributed by atoms with Gasteiger partial charge in [0.1, 0.15) is 0 Å². The zero-order valence-electron chi connectivity index (χ0n) is 20.0. The number of carbonyl (C=O) groups is 1. The summed E-state index contributed by atoms with van der Waals surface area (Å²) >= 11 is 0. The lowest BCUT2D eigenvalue weighted by molar-refractivity contribution is -0.0835. The lowest BCUT2D eigenvalue weighted by Gasteiger charge is -2.40. The van der Waals surface area contributed by atoms with Crippen LogP contribution in [-0.4, -0.2) is 56.2 Å². The van der Waals surface area contributed by atoms with E-state index in [1.807, 2.05) is 43.0 Å². The van der Waals surface area contributed by atoms with Gasteiger partial charge in [-0.05, 0) is 49.8 Å². The molecule has 0 bridgehead atoms. The van der Waals surface area contributed by atoms with Gasteiger partial charge in [-0.25, -0.2) is 0 Å². The number of guanidine groups is 1. The zero-order valence-corrected chi connectivity index (χ0v) is 22.4. The number of rotatable bonds is 7. The summed E-state index contributed by atoms with van der Waals surface area (Å²) in [6.45, 7) is 14.6. The molecule has 31 heavy (non-hydrogen) atoms. The molecule has 2 atom stereocenters. The Hall–Kier alpha value is -1.35. The highest BCUT2D eigenvalue weighted by Crippen LogP contribution is 2.33. The molecule has 1 aromatic rings. The van der Waals surface area contributed by atoms with Crippen LogP contribution >= 0.6 is 24.0 Å². The minimum atomic E-state index is 0. The van der Waals surface area contributed by atoms with Gasteiger partial charge < -0.3 is 20.3 Å². The summed E-state index contributed by atoms with van der Waals surface area (Å²) in [5.74, 6) is 1.35. The van der Waals surface area contributed by atoms with Crippen LogP contribution in [0.1, 0.15) is 63.4 Å². The molecule has 1 heterocycles. The Kier molecular flexibility index (Phi) is 11.8. The molecule has 1 aliphatic rings. The molecule has 176 valence electrons. The van der Waals surface area contributed by atoms with Crippen LogP contribution in [0, 0.1) is 11.3 Å². The zero-order chi connectivity index (χ0) is 22.1. The first-order valence-corrected chi connectivity index (χ1v) is 11.2. The number of nitrogens with one attached hydrogen (secondary N) is 2. The van der Waals surface area contributed by atoms with Crippen LogP contribution < -0.4 is 10.6 Å². The Labute approximate surface area is 205 Å². The minimum absolute atomic E-state index is 0. The molecule has 2 rings (SSSR count). The molecule has 7 heteroatoms. The Morgan fingerprint density at radius 2 is 1.81 bits per heavy atom. The Morgan fingerprint density at radius 1 is 1.16 bits per heavy atom. The number of ether oxygens (including phenoxy) is 1. The molecule has 0 aromatic heterocycles. The molecule has 0 radical (unpaired) electrons. The second-order valence-electron chi connectivity index (χ2n) is 9.04. The maximum Gasteiger partial charge on any atom is 0.253 e. The summed E-state index contributed by atoms with van der Waals surface area (Å²) < 4.78 is 6.08. The lowest BCUT2D eigenvalue weighted by atomic mass is 9.78. The molecule has 1 fully saturated rings. The van der Waals surface area contributed by atoms with Gasteiger partial charge in [0.2, 0.25) is 0 Å². The summed E-state index contributed by atoms with van der Waals surface area (Å²) in [6.07, 6.45) is 2.55. The fraction of sp³-hybridized carbons (Fsp3) is 0.667. The third-order valence-corrected chi connectivity index (χ3v) is 5.77. The molecule has 1 aliphatic heterocycles. The fourth-order valence-corrected chi connectivity index (χ4v) is 4.10. The maximum atomic E-state index is 12.4. The van der Waals surface area contributed by atoms with Gasteiger partial charge in [0, 0.05) is 51.3 Å². The van der Waals surface area contributed by atoms with Crippen LogP contribution in [0.2, 0.25) is 0 Å². The third-order valence-electron chi connectivity index (χ3n) is 5.77. The first-order valence-electron chi connectivity index (χ1n) is 11.2. The van der Waals surface area contributed by atoms with E-state index in [1.165, 1.54) is 6.42 Å². The Bertz CT molecular complexity index is 697. The van der Waals surface area contributed by atoms with Crippen molar-refractivity contribution in [1.29, 1.82) is 0 Å². The van der Waals surface area contributed by atoms with E-state index in [0.29, 0.717) is 12.5 Å². The number of amides is 1. The number of nitrogens with zero attached hydrogens (tertiary/aromatic N) is 2. The van der Waals surface area contributed by atoms with Gasteiger partial charge in [0.25, 0.3) is 5.91 Å². The molecule has 1 amide bonds. The molecule has 1 aromatic carbocycles. The number of halogens is 1. The van der Waals surface area contributed by atoms with E-state index in [0.717, 1.165) is 49.7 Å². The molecule has 1 saturated heterocycles. The van der Waals surface area contributed by atoms with Crippen LogP contribution in [0.4, 0.5) is 0 Å². The average molecular weight is 545 g/mol. The summed E-state index contributed by atoms with van der Waals surface area (Å²) in [7, 11) is 1.79. The van der Waals surface area contributed by atoms with Crippen molar-refractivity contribution < 1.29 is 9.53 Å². The highest BCUT2D eigenvalue weighted by molar-refractivity contribution is 14.0. The van der Waals surface area contributed by atoms with Gasteiger partial charge in [0.05, 0.1) is 6.10 Å². The van der Waals surface area contributed by atoms with Crippen molar-refractivity contribution in [2.45, 2.75) is 60.1 Å². The van der Waals surface area contributed by atoms with Crippen LogP contribution in [0.15, 0.2) is 29.3 Å². The van der Waals surface area contributed by atoms with Gasteiger partial charge in [0.15, 0.2) is 5.96 Å². The van der Waals surface area contributed by atoms with E-state index in [1.54, 1.807) is 7.05 Å². The first-order chi connectivity index (χ1) is 14.3. The van der Waals surface area contributed by atoms with Crippen molar-refractivity contribution in [3.05, 3.63) is 35.4 Å². The Balaban J connectivity index is 0.00000480. The van der Waals surface area contributed by atoms with Crippen LogP contribution in [0.5, 0.6) is 0 Å². The minimum Gasteiger partial charge on any atom is -0.377 e. The van der Waals surface area contributed by atoms with E-state index in [4.69, 9.17) is 4.74 Å². The molecule has 0 spiro atoms. The van der Waals surface area contributed by atoms with E-state index >= 15 is 0 Å². The second kappa shape index (κ2) is 13.3. The molecule has 6 nitrogen and oxygen atoms in total. The molecular weight excluding hydrogens is 503 g/mol. The van der Waals surface area contributed by atoms with Gasteiger partial charge >= 0.3 is 0 Å². The van der Waals surface area contributed by atoms with E-state index in [-0.39, 0.29) is 41.4 Å². The van der Waals surface area contributed by atoms with Crippen LogP contribution in [0.3, 0.4) is 0 Å². The largest absolute Gasteiger partial charge is 0.377 e. The van der Waals surface area contributed by atoms with Crippen molar-refractivity contribution in [2.75, 3.05) is 33.3 Å². The van der Waals surface area contributed by atoms with Crippen LogP contribution in [0.25, 0.3) is 0 Å². The van der Waals surface area contributed by atoms with Gasteiger partial charge in [-0.1, -0.05) is 32.9 Å². The van der Waals surface area contributed by atoms with Gasteiger partial charge in [-0.2, -0.15) is 0 Å². The van der Waals surface area contributed by atoms with E-state index in [2.05, 4.69) is 36.4 Å². The quantitative estimate of drug-likeness (QED) is 0.306. The second-order valence-corrected chi connectivity index (χ2v) is 9.04. The fourth-order valence-electron chi connectivity index (χ4n) is 4.10. The maximum absolute atomic E-state index is 12.4. The van der Waals surface area contributed by atoms with E-state index in [9.17, 15) is 4.79 Å². The van der Waals surface area contributed by atoms with E-state index < -0.39 is 0 Å².